The van der Waals surface area contributed by atoms with Crippen LogP contribution in [0.5, 0.6) is 5.75 Å². The highest BCUT2D eigenvalue weighted by Crippen LogP contribution is 2.34. The Hall–Kier alpha value is -2.73. The number of likely N-dealkylation sites (tertiary alicyclic amines) is 1. The van der Waals surface area contributed by atoms with Crippen LogP contribution in [-0.4, -0.2) is 33.7 Å². The fraction of sp³-hybridized carbons (Fsp3) is 0.350. The molecule has 3 aromatic rings. The van der Waals surface area contributed by atoms with Gasteiger partial charge in [0, 0.05) is 24.5 Å². The van der Waals surface area contributed by atoms with Gasteiger partial charge in [-0.1, -0.05) is 24.6 Å². The smallest absolute Gasteiger partial charge is 0.249 e. The first-order valence-corrected chi connectivity index (χ1v) is 8.95. The molecule has 0 spiro atoms. The molecule has 3 heterocycles. The molecule has 0 N–H and O–H groups in total. The molecule has 0 aliphatic carbocycles. The fourth-order valence-corrected chi connectivity index (χ4v) is 3.49. The second kappa shape index (κ2) is 7.66. The summed E-state index contributed by atoms with van der Waals surface area (Å²) in [5, 5.41) is 8.56. The lowest BCUT2D eigenvalue weighted by molar-refractivity contribution is 0.117. The van der Waals surface area contributed by atoms with E-state index < -0.39 is 0 Å². The number of methoxy groups -OCH3 is 1. The third-order valence-electron chi connectivity index (χ3n) is 4.81. The lowest BCUT2D eigenvalue weighted by Gasteiger charge is -2.33. The topological polar surface area (TPSA) is 64.3 Å². The SMILES string of the molecule is COc1ccccc1CN1CCCCC1c1nnc(-c2cccnc2)o1. The Morgan fingerprint density at radius 3 is 2.92 bits per heavy atom. The minimum absolute atomic E-state index is 0.131. The number of para-hydroxylation sites is 1. The van der Waals surface area contributed by atoms with Gasteiger partial charge < -0.3 is 9.15 Å². The molecule has 6 nitrogen and oxygen atoms in total. The van der Waals surface area contributed by atoms with Crippen molar-refractivity contribution in [3.63, 3.8) is 0 Å². The molecule has 1 saturated heterocycles. The molecule has 0 amide bonds. The molecule has 0 saturated carbocycles. The van der Waals surface area contributed by atoms with Gasteiger partial charge in [-0.2, -0.15) is 0 Å². The number of hydrogen-bond acceptors (Lipinski definition) is 6. The lowest BCUT2D eigenvalue weighted by atomic mass is 10.0. The van der Waals surface area contributed by atoms with Crippen LogP contribution in [0.2, 0.25) is 0 Å². The maximum absolute atomic E-state index is 6.00. The van der Waals surface area contributed by atoms with E-state index in [1.807, 2.05) is 30.3 Å². The number of aromatic nitrogens is 3. The van der Waals surface area contributed by atoms with Crippen molar-refractivity contribution in [3.05, 3.63) is 60.2 Å². The van der Waals surface area contributed by atoms with Crippen LogP contribution in [-0.2, 0) is 6.54 Å². The van der Waals surface area contributed by atoms with Crippen molar-refractivity contribution in [2.75, 3.05) is 13.7 Å². The molecule has 1 fully saturated rings. The van der Waals surface area contributed by atoms with Gasteiger partial charge in [-0.25, -0.2) is 0 Å². The van der Waals surface area contributed by atoms with E-state index in [0.717, 1.165) is 37.2 Å². The van der Waals surface area contributed by atoms with Gasteiger partial charge >= 0.3 is 0 Å². The molecule has 1 aliphatic heterocycles. The van der Waals surface area contributed by atoms with Crippen molar-refractivity contribution in [3.8, 4) is 17.2 Å². The van der Waals surface area contributed by atoms with Crippen molar-refractivity contribution in [2.24, 2.45) is 0 Å². The number of pyridine rings is 1. The van der Waals surface area contributed by atoms with Crippen LogP contribution in [0.1, 0.15) is 36.8 Å². The molecule has 2 aromatic heterocycles. The molecular weight excluding hydrogens is 328 g/mol. The largest absolute Gasteiger partial charge is 0.496 e. The number of ether oxygens (including phenoxy) is 1. The second-order valence-electron chi connectivity index (χ2n) is 6.48. The van der Waals surface area contributed by atoms with E-state index in [4.69, 9.17) is 9.15 Å². The predicted molar refractivity (Wildman–Crippen MR) is 97.5 cm³/mol. The molecule has 0 radical (unpaired) electrons. The second-order valence-corrected chi connectivity index (χ2v) is 6.48. The van der Waals surface area contributed by atoms with Crippen LogP contribution in [0.3, 0.4) is 0 Å². The van der Waals surface area contributed by atoms with Crippen LogP contribution in [0.25, 0.3) is 11.5 Å². The Bertz CT molecular complexity index is 850. The van der Waals surface area contributed by atoms with Gasteiger partial charge in [-0.15, -0.1) is 10.2 Å². The van der Waals surface area contributed by atoms with Gasteiger partial charge in [0.2, 0.25) is 11.8 Å². The van der Waals surface area contributed by atoms with E-state index in [1.54, 1.807) is 19.5 Å². The Morgan fingerprint density at radius 2 is 2.08 bits per heavy atom. The van der Waals surface area contributed by atoms with Crippen molar-refractivity contribution >= 4 is 0 Å². The Morgan fingerprint density at radius 1 is 1.15 bits per heavy atom. The molecule has 1 atom stereocenters. The van der Waals surface area contributed by atoms with E-state index in [-0.39, 0.29) is 6.04 Å². The molecular formula is C20H22N4O2. The van der Waals surface area contributed by atoms with E-state index >= 15 is 0 Å². The van der Waals surface area contributed by atoms with Gasteiger partial charge in [0.1, 0.15) is 5.75 Å². The van der Waals surface area contributed by atoms with Crippen molar-refractivity contribution in [2.45, 2.75) is 31.8 Å². The van der Waals surface area contributed by atoms with Crippen LogP contribution < -0.4 is 4.74 Å². The summed E-state index contributed by atoms with van der Waals surface area (Å²) < 4.78 is 11.5. The molecule has 4 rings (SSSR count). The monoisotopic (exact) mass is 350 g/mol. The molecule has 1 unspecified atom stereocenters. The normalized spacial score (nSPS) is 18.0. The van der Waals surface area contributed by atoms with Gasteiger partial charge in [-0.05, 0) is 37.6 Å². The maximum atomic E-state index is 6.00. The highest BCUT2D eigenvalue weighted by atomic mass is 16.5. The van der Waals surface area contributed by atoms with Crippen LogP contribution in [0, 0.1) is 0 Å². The lowest BCUT2D eigenvalue weighted by Crippen LogP contribution is -2.33. The Kier molecular flexibility index (Phi) is 4.93. The summed E-state index contributed by atoms with van der Waals surface area (Å²) in [5.74, 6) is 2.12. The first-order chi connectivity index (χ1) is 12.8. The zero-order valence-electron chi connectivity index (χ0n) is 14.8. The van der Waals surface area contributed by atoms with E-state index in [1.165, 1.54) is 12.0 Å². The maximum Gasteiger partial charge on any atom is 0.249 e. The summed E-state index contributed by atoms with van der Waals surface area (Å²) in [5.41, 5.74) is 2.02. The van der Waals surface area contributed by atoms with E-state index in [0.29, 0.717) is 11.8 Å². The zero-order valence-corrected chi connectivity index (χ0v) is 14.8. The highest BCUT2D eigenvalue weighted by Gasteiger charge is 2.29. The fourth-order valence-electron chi connectivity index (χ4n) is 3.49. The first kappa shape index (κ1) is 16.7. The van der Waals surface area contributed by atoms with Crippen molar-refractivity contribution < 1.29 is 9.15 Å². The number of nitrogens with zero attached hydrogens (tertiary/aromatic N) is 4. The predicted octanol–water partition coefficient (Wildman–Crippen LogP) is 3.87. The summed E-state index contributed by atoms with van der Waals surface area (Å²) in [6.07, 6.45) is 6.83. The average molecular weight is 350 g/mol. The number of hydrogen-bond donors (Lipinski definition) is 0. The van der Waals surface area contributed by atoms with Gasteiger partial charge in [0.15, 0.2) is 0 Å². The quantitative estimate of drug-likeness (QED) is 0.696. The van der Waals surface area contributed by atoms with Crippen molar-refractivity contribution in [1.29, 1.82) is 0 Å². The summed E-state index contributed by atoms with van der Waals surface area (Å²) in [4.78, 5) is 6.53. The molecule has 0 bridgehead atoms. The molecule has 26 heavy (non-hydrogen) atoms. The standard InChI is InChI=1S/C20H22N4O2/c1-25-18-10-3-2-7-16(18)14-24-12-5-4-9-17(24)20-23-22-19(26-20)15-8-6-11-21-13-15/h2-3,6-8,10-11,13,17H,4-5,9,12,14H2,1H3. The minimum Gasteiger partial charge on any atom is -0.496 e. The Labute approximate surface area is 152 Å². The van der Waals surface area contributed by atoms with Crippen molar-refractivity contribution in [1.82, 2.24) is 20.1 Å². The van der Waals surface area contributed by atoms with Gasteiger partial charge in [0.05, 0.1) is 18.7 Å². The third-order valence-corrected chi connectivity index (χ3v) is 4.81. The number of rotatable bonds is 5. The molecule has 6 heteroatoms. The summed E-state index contributed by atoms with van der Waals surface area (Å²) in [6.45, 7) is 1.81. The minimum atomic E-state index is 0.131. The Balaban J connectivity index is 1.57. The average Bonchev–Trinajstić information content (AvgIpc) is 3.19. The zero-order chi connectivity index (χ0) is 17.8. The summed E-state index contributed by atoms with van der Waals surface area (Å²) in [6, 6.07) is 12.1. The summed E-state index contributed by atoms with van der Waals surface area (Å²) in [7, 11) is 1.71. The third kappa shape index (κ3) is 3.46. The van der Waals surface area contributed by atoms with E-state index in [2.05, 4.69) is 26.1 Å². The molecule has 134 valence electrons. The number of piperidine rings is 1. The molecule has 1 aliphatic rings. The summed E-state index contributed by atoms with van der Waals surface area (Å²) >= 11 is 0. The highest BCUT2D eigenvalue weighted by molar-refractivity contribution is 5.50. The van der Waals surface area contributed by atoms with Gasteiger partial charge in [0.25, 0.3) is 0 Å². The van der Waals surface area contributed by atoms with Gasteiger partial charge in [-0.3, -0.25) is 9.88 Å². The van der Waals surface area contributed by atoms with E-state index in [9.17, 15) is 0 Å². The van der Waals surface area contributed by atoms with Crippen LogP contribution in [0.4, 0.5) is 0 Å². The van der Waals surface area contributed by atoms with Crippen LogP contribution >= 0.6 is 0 Å². The molecule has 1 aromatic carbocycles. The van der Waals surface area contributed by atoms with Crippen LogP contribution in [0.15, 0.2) is 53.2 Å². The first-order valence-electron chi connectivity index (χ1n) is 8.95. The number of benzene rings is 1.